The third kappa shape index (κ3) is 6.44. The Bertz CT molecular complexity index is 140. The first-order valence-corrected chi connectivity index (χ1v) is 7.51. The van der Waals surface area contributed by atoms with Gasteiger partial charge in [-0.15, -0.1) is 0 Å². The van der Waals surface area contributed by atoms with Crippen LogP contribution in [-0.2, 0) is 0 Å². The van der Waals surface area contributed by atoms with Gasteiger partial charge in [-0.05, 0) is 51.7 Å². The number of rotatable bonds is 9. The van der Waals surface area contributed by atoms with Gasteiger partial charge in [0.15, 0.2) is 0 Å². The van der Waals surface area contributed by atoms with Crippen molar-refractivity contribution in [2.24, 2.45) is 5.73 Å². The zero-order valence-corrected chi connectivity index (χ0v) is 11.6. The quantitative estimate of drug-likeness (QED) is 0.620. The third-order valence-corrected chi connectivity index (χ3v) is 3.47. The molecule has 0 spiro atoms. The fourth-order valence-electron chi connectivity index (χ4n) is 2.00. The van der Waals surface area contributed by atoms with Gasteiger partial charge in [-0.25, -0.2) is 0 Å². The molecule has 0 heterocycles. The molecule has 1 atom stereocenters. The first-order chi connectivity index (χ1) is 7.17. The van der Waals surface area contributed by atoms with Crippen LogP contribution >= 0.6 is 11.8 Å². The van der Waals surface area contributed by atoms with Gasteiger partial charge in [0.1, 0.15) is 0 Å². The van der Waals surface area contributed by atoms with E-state index < -0.39 is 0 Å². The standard InChI is InChI=1S/C12H28N2S/c1-5-8-14(11(2)3)12(10-13)7-6-9-15-4/h11-12H,5-10,13H2,1-4H3. The summed E-state index contributed by atoms with van der Waals surface area (Å²) in [6.45, 7) is 8.76. The van der Waals surface area contributed by atoms with E-state index in [1.54, 1.807) is 0 Å². The van der Waals surface area contributed by atoms with Crippen LogP contribution in [0.15, 0.2) is 0 Å². The van der Waals surface area contributed by atoms with Crippen molar-refractivity contribution in [1.82, 2.24) is 4.90 Å². The lowest BCUT2D eigenvalue weighted by atomic mass is 10.1. The maximum absolute atomic E-state index is 5.88. The average Bonchev–Trinajstić information content (AvgIpc) is 2.22. The van der Waals surface area contributed by atoms with Crippen molar-refractivity contribution in [3.8, 4) is 0 Å². The first kappa shape index (κ1) is 15.3. The number of nitrogens with two attached hydrogens (primary N) is 1. The minimum Gasteiger partial charge on any atom is -0.329 e. The van der Waals surface area contributed by atoms with Crippen LogP contribution in [0.25, 0.3) is 0 Å². The Morgan fingerprint density at radius 2 is 2.00 bits per heavy atom. The highest BCUT2D eigenvalue weighted by Crippen LogP contribution is 2.12. The highest BCUT2D eigenvalue weighted by atomic mass is 32.2. The normalized spacial score (nSPS) is 13.8. The average molecular weight is 232 g/mol. The zero-order valence-electron chi connectivity index (χ0n) is 10.8. The molecule has 0 amide bonds. The molecule has 0 aromatic heterocycles. The molecule has 2 nitrogen and oxygen atoms in total. The van der Waals surface area contributed by atoms with Crippen LogP contribution in [0.3, 0.4) is 0 Å². The van der Waals surface area contributed by atoms with Gasteiger partial charge in [0.25, 0.3) is 0 Å². The summed E-state index contributed by atoms with van der Waals surface area (Å²) < 4.78 is 0. The Kier molecular flexibility index (Phi) is 9.66. The Labute approximate surface area is 100.0 Å². The van der Waals surface area contributed by atoms with E-state index in [9.17, 15) is 0 Å². The van der Waals surface area contributed by atoms with Crippen LogP contribution in [-0.4, -0.2) is 42.1 Å². The van der Waals surface area contributed by atoms with Gasteiger partial charge in [0, 0.05) is 18.6 Å². The summed E-state index contributed by atoms with van der Waals surface area (Å²) in [5.74, 6) is 1.26. The second-order valence-corrected chi connectivity index (χ2v) is 5.34. The molecule has 0 rings (SSSR count). The molecule has 1 unspecified atom stereocenters. The summed E-state index contributed by atoms with van der Waals surface area (Å²) >= 11 is 1.93. The van der Waals surface area contributed by atoms with E-state index in [1.807, 2.05) is 11.8 Å². The molecule has 15 heavy (non-hydrogen) atoms. The molecule has 2 N–H and O–H groups in total. The molecule has 0 bridgehead atoms. The largest absolute Gasteiger partial charge is 0.329 e. The van der Waals surface area contributed by atoms with Crippen molar-refractivity contribution in [2.75, 3.05) is 25.1 Å². The van der Waals surface area contributed by atoms with Gasteiger partial charge in [0.05, 0.1) is 0 Å². The smallest absolute Gasteiger partial charge is 0.0221 e. The van der Waals surface area contributed by atoms with Gasteiger partial charge in [-0.1, -0.05) is 6.92 Å². The molecule has 0 saturated carbocycles. The number of thioether (sulfide) groups is 1. The minimum atomic E-state index is 0.581. The summed E-state index contributed by atoms with van der Waals surface area (Å²) in [5.41, 5.74) is 5.88. The fourth-order valence-corrected chi connectivity index (χ4v) is 2.46. The number of hydrogen-bond acceptors (Lipinski definition) is 3. The summed E-state index contributed by atoms with van der Waals surface area (Å²) in [6, 6.07) is 1.20. The fraction of sp³-hybridized carbons (Fsp3) is 1.00. The molecule has 92 valence electrons. The van der Waals surface area contributed by atoms with E-state index in [0.29, 0.717) is 12.1 Å². The van der Waals surface area contributed by atoms with Gasteiger partial charge >= 0.3 is 0 Å². The van der Waals surface area contributed by atoms with Gasteiger partial charge in [0.2, 0.25) is 0 Å². The Hall–Kier alpha value is 0.270. The minimum absolute atomic E-state index is 0.581. The van der Waals surface area contributed by atoms with E-state index in [-0.39, 0.29) is 0 Å². The van der Waals surface area contributed by atoms with E-state index in [1.165, 1.54) is 31.6 Å². The van der Waals surface area contributed by atoms with Gasteiger partial charge < -0.3 is 5.73 Å². The van der Waals surface area contributed by atoms with Crippen LogP contribution in [0.5, 0.6) is 0 Å². The van der Waals surface area contributed by atoms with Crippen molar-refractivity contribution in [3.63, 3.8) is 0 Å². The molecule has 0 aromatic carbocycles. The lowest BCUT2D eigenvalue weighted by molar-refractivity contribution is 0.149. The molecular weight excluding hydrogens is 204 g/mol. The topological polar surface area (TPSA) is 29.3 Å². The lowest BCUT2D eigenvalue weighted by Crippen LogP contribution is -2.45. The van der Waals surface area contributed by atoms with E-state index in [2.05, 4.69) is 31.9 Å². The lowest BCUT2D eigenvalue weighted by Gasteiger charge is -2.34. The van der Waals surface area contributed by atoms with Crippen molar-refractivity contribution in [2.45, 2.75) is 52.1 Å². The SMILES string of the molecule is CCCN(C(C)C)C(CN)CCCSC. The molecule has 0 fully saturated rings. The highest BCUT2D eigenvalue weighted by molar-refractivity contribution is 7.98. The Morgan fingerprint density at radius 1 is 1.33 bits per heavy atom. The summed E-state index contributed by atoms with van der Waals surface area (Å²) in [4.78, 5) is 2.56. The third-order valence-electron chi connectivity index (χ3n) is 2.77. The molecule has 0 aromatic rings. The Balaban J connectivity index is 4.06. The van der Waals surface area contributed by atoms with Gasteiger partial charge in [-0.3, -0.25) is 4.90 Å². The molecule has 0 saturated heterocycles. The maximum atomic E-state index is 5.88. The van der Waals surface area contributed by atoms with Crippen molar-refractivity contribution in [1.29, 1.82) is 0 Å². The predicted molar refractivity (Wildman–Crippen MR) is 72.6 cm³/mol. The van der Waals surface area contributed by atoms with Crippen LogP contribution in [0.4, 0.5) is 0 Å². The molecular formula is C12H28N2S. The second kappa shape index (κ2) is 9.49. The molecule has 0 aliphatic heterocycles. The highest BCUT2D eigenvalue weighted by Gasteiger charge is 2.18. The number of hydrogen-bond donors (Lipinski definition) is 1. The number of nitrogens with zero attached hydrogens (tertiary/aromatic N) is 1. The summed E-state index contributed by atoms with van der Waals surface area (Å²) in [6.07, 6.45) is 5.92. The predicted octanol–water partition coefficient (Wildman–Crippen LogP) is 2.58. The van der Waals surface area contributed by atoms with Crippen LogP contribution in [0.2, 0.25) is 0 Å². The van der Waals surface area contributed by atoms with E-state index >= 15 is 0 Å². The molecule has 0 radical (unpaired) electrons. The van der Waals surface area contributed by atoms with Crippen molar-refractivity contribution < 1.29 is 0 Å². The summed E-state index contributed by atoms with van der Waals surface area (Å²) in [5, 5.41) is 0. The molecule has 0 aliphatic carbocycles. The first-order valence-electron chi connectivity index (χ1n) is 6.12. The van der Waals surface area contributed by atoms with Crippen LogP contribution in [0.1, 0.15) is 40.0 Å². The molecule has 3 heteroatoms. The van der Waals surface area contributed by atoms with Gasteiger partial charge in [-0.2, -0.15) is 11.8 Å². The molecule has 0 aliphatic rings. The Morgan fingerprint density at radius 3 is 2.40 bits per heavy atom. The van der Waals surface area contributed by atoms with E-state index in [4.69, 9.17) is 5.73 Å². The zero-order chi connectivity index (χ0) is 11.7. The second-order valence-electron chi connectivity index (χ2n) is 4.36. The van der Waals surface area contributed by atoms with E-state index in [0.717, 1.165) is 6.54 Å². The maximum Gasteiger partial charge on any atom is 0.0221 e. The summed E-state index contributed by atoms with van der Waals surface area (Å²) in [7, 11) is 0. The van der Waals surface area contributed by atoms with Crippen molar-refractivity contribution >= 4 is 11.8 Å². The van der Waals surface area contributed by atoms with Crippen LogP contribution < -0.4 is 5.73 Å². The van der Waals surface area contributed by atoms with Crippen LogP contribution in [0, 0.1) is 0 Å². The monoisotopic (exact) mass is 232 g/mol. The van der Waals surface area contributed by atoms with Crippen molar-refractivity contribution in [3.05, 3.63) is 0 Å².